The number of hydrazine groups is 1. The van der Waals surface area contributed by atoms with Gasteiger partial charge in [0, 0.05) is 18.5 Å². The van der Waals surface area contributed by atoms with Gasteiger partial charge in [0.05, 0.1) is 23.5 Å². The van der Waals surface area contributed by atoms with E-state index in [0.717, 1.165) is 24.1 Å². The summed E-state index contributed by atoms with van der Waals surface area (Å²) < 4.78 is 40.0. The van der Waals surface area contributed by atoms with Crippen molar-refractivity contribution < 1.29 is 18.0 Å². The highest BCUT2D eigenvalue weighted by Crippen LogP contribution is 2.35. The molecule has 166 valence electrons. The minimum Gasteiger partial charge on any atom is -0.323 e. The molecule has 5 rings (SSSR count). The summed E-state index contributed by atoms with van der Waals surface area (Å²) in [7, 11) is 0. The Balaban J connectivity index is 1.18. The minimum atomic E-state index is -0.827. The zero-order valence-corrected chi connectivity index (χ0v) is 17.5. The van der Waals surface area contributed by atoms with Crippen LogP contribution in [0.5, 0.6) is 0 Å². The molecule has 1 fully saturated rings. The maximum Gasteiger partial charge on any atom is 0.234 e. The van der Waals surface area contributed by atoms with Gasteiger partial charge >= 0.3 is 0 Å². The van der Waals surface area contributed by atoms with Crippen LogP contribution in [0.2, 0.25) is 0 Å². The van der Waals surface area contributed by atoms with Gasteiger partial charge in [-0.1, -0.05) is 23.9 Å². The van der Waals surface area contributed by atoms with Crippen molar-refractivity contribution in [3.63, 3.8) is 0 Å². The van der Waals surface area contributed by atoms with E-state index in [1.54, 1.807) is 12.1 Å². The zero-order chi connectivity index (χ0) is 22.2. The number of fused-ring (bicyclic) bond motifs is 3. The number of carbonyl (C=O) groups excluding carboxylic acids is 1. The second kappa shape index (κ2) is 8.40. The zero-order valence-electron chi connectivity index (χ0n) is 16.6. The van der Waals surface area contributed by atoms with Gasteiger partial charge in [-0.25, -0.2) is 18.6 Å². The lowest BCUT2D eigenvalue weighted by atomic mass is 10.00. The molecule has 0 spiro atoms. The SMILES string of the molecule is O=C(CSC1=NNC2C3CC(c4ccc(F)cc4)NN3C=CN12)Nc1ccc(F)cc1F. The molecule has 0 saturated carbocycles. The number of anilines is 1. The number of benzene rings is 2. The Bertz CT molecular complexity index is 1100. The maximum atomic E-state index is 13.7. The van der Waals surface area contributed by atoms with E-state index in [2.05, 4.69) is 21.3 Å². The van der Waals surface area contributed by atoms with E-state index in [0.29, 0.717) is 5.17 Å². The van der Waals surface area contributed by atoms with Gasteiger partial charge in [-0.3, -0.25) is 10.2 Å². The summed E-state index contributed by atoms with van der Waals surface area (Å²) in [6, 6.07) is 9.54. The molecule has 0 radical (unpaired) electrons. The lowest BCUT2D eigenvalue weighted by Crippen LogP contribution is -2.54. The van der Waals surface area contributed by atoms with Crippen LogP contribution in [0, 0.1) is 17.5 Å². The lowest BCUT2D eigenvalue weighted by molar-refractivity contribution is -0.113. The van der Waals surface area contributed by atoms with E-state index < -0.39 is 17.5 Å². The molecule has 2 aromatic rings. The predicted molar refractivity (Wildman–Crippen MR) is 115 cm³/mol. The highest BCUT2D eigenvalue weighted by Gasteiger charge is 2.44. The summed E-state index contributed by atoms with van der Waals surface area (Å²) in [6.07, 6.45) is 4.42. The Morgan fingerprint density at radius 1 is 1.12 bits per heavy atom. The number of thioether (sulfide) groups is 1. The number of hydrogen-bond acceptors (Lipinski definition) is 7. The van der Waals surface area contributed by atoms with Crippen molar-refractivity contribution in [2.75, 3.05) is 11.1 Å². The predicted octanol–water partition coefficient (Wildman–Crippen LogP) is 3.08. The number of nitrogens with one attached hydrogen (secondary N) is 3. The fraction of sp³-hybridized carbons (Fsp3) is 0.238. The number of carbonyl (C=O) groups is 1. The molecule has 2 aromatic carbocycles. The van der Waals surface area contributed by atoms with Crippen molar-refractivity contribution >= 4 is 28.5 Å². The van der Waals surface area contributed by atoms with Crippen LogP contribution in [0.25, 0.3) is 0 Å². The average molecular weight is 460 g/mol. The number of halogens is 3. The molecule has 1 saturated heterocycles. The molecule has 32 heavy (non-hydrogen) atoms. The number of rotatable bonds is 4. The second-order valence-electron chi connectivity index (χ2n) is 7.58. The topological polar surface area (TPSA) is 72.0 Å². The second-order valence-corrected chi connectivity index (χ2v) is 8.52. The molecule has 0 aliphatic carbocycles. The third kappa shape index (κ3) is 4.00. The van der Waals surface area contributed by atoms with Gasteiger partial charge in [0.2, 0.25) is 5.91 Å². The lowest BCUT2D eigenvalue weighted by Gasteiger charge is -2.36. The summed E-state index contributed by atoms with van der Waals surface area (Å²) in [5, 5.41) is 9.42. The highest BCUT2D eigenvalue weighted by atomic mass is 32.2. The first kappa shape index (κ1) is 20.7. The standard InChI is InChI=1S/C21H19F3N6OS/c22-13-3-1-12(2-4-13)17-10-18-20-26-27-21(29(20)7-8-30(18)28-17)32-11-19(31)25-16-6-5-14(23)9-15(16)24/h1-9,17-18,20,26,28H,10-11H2,(H,25,31). The van der Waals surface area contributed by atoms with Crippen LogP contribution in [0.15, 0.2) is 60.0 Å². The van der Waals surface area contributed by atoms with Gasteiger partial charge in [-0.05, 0) is 36.2 Å². The average Bonchev–Trinajstić information content (AvgIpc) is 3.38. The van der Waals surface area contributed by atoms with Crippen molar-refractivity contribution in [2.45, 2.75) is 24.7 Å². The van der Waals surface area contributed by atoms with Crippen LogP contribution >= 0.6 is 11.8 Å². The van der Waals surface area contributed by atoms with E-state index >= 15 is 0 Å². The van der Waals surface area contributed by atoms with E-state index in [1.165, 1.54) is 30.0 Å². The van der Waals surface area contributed by atoms with Crippen molar-refractivity contribution in [1.29, 1.82) is 0 Å². The van der Waals surface area contributed by atoms with Crippen molar-refractivity contribution in [1.82, 2.24) is 20.8 Å². The van der Waals surface area contributed by atoms with Gasteiger partial charge in [0.15, 0.2) is 5.17 Å². The summed E-state index contributed by atoms with van der Waals surface area (Å²) in [5.74, 6) is -2.21. The van der Waals surface area contributed by atoms with E-state index in [-0.39, 0.29) is 35.5 Å². The van der Waals surface area contributed by atoms with Crippen LogP contribution in [-0.2, 0) is 4.79 Å². The van der Waals surface area contributed by atoms with Gasteiger partial charge < -0.3 is 15.2 Å². The third-order valence-electron chi connectivity index (χ3n) is 5.51. The number of nitrogens with zero attached hydrogens (tertiary/aromatic N) is 3. The first-order valence-electron chi connectivity index (χ1n) is 9.95. The molecule has 3 atom stereocenters. The molecule has 7 nitrogen and oxygen atoms in total. The molecule has 11 heteroatoms. The Kier molecular flexibility index (Phi) is 5.43. The van der Waals surface area contributed by atoms with Crippen LogP contribution in [-0.4, -0.2) is 38.9 Å². The largest absolute Gasteiger partial charge is 0.323 e. The molecule has 3 aliphatic heterocycles. The first-order chi connectivity index (χ1) is 15.5. The molecular weight excluding hydrogens is 441 g/mol. The molecule has 0 aromatic heterocycles. The molecule has 3 heterocycles. The van der Waals surface area contributed by atoms with Crippen LogP contribution in [0.1, 0.15) is 18.0 Å². The van der Waals surface area contributed by atoms with Crippen molar-refractivity contribution in [2.24, 2.45) is 5.10 Å². The summed E-state index contributed by atoms with van der Waals surface area (Å²) in [4.78, 5) is 14.2. The molecule has 1 amide bonds. The summed E-state index contributed by atoms with van der Waals surface area (Å²) >= 11 is 1.21. The Labute approximate surface area is 186 Å². The summed E-state index contributed by atoms with van der Waals surface area (Å²) in [5.41, 5.74) is 7.46. The maximum absolute atomic E-state index is 13.7. The van der Waals surface area contributed by atoms with E-state index in [9.17, 15) is 18.0 Å². The van der Waals surface area contributed by atoms with Gasteiger partial charge in [0.1, 0.15) is 23.6 Å². The quantitative estimate of drug-likeness (QED) is 0.652. The number of hydrazone groups is 1. The minimum absolute atomic E-state index is 0.0131. The first-order valence-corrected chi connectivity index (χ1v) is 10.9. The molecular formula is C21H19F3N6OS. The van der Waals surface area contributed by atoms with Crippen molar-refractivity contribution in [3.8, 4) is 0 Å². The molecule has 3 N–H and O–H groups in total. The fourth-order valence-electron chi connectivity index (χ4n) is 3.97. The summed E-state index contributed by atoms with van der Waals surface area (Å²) in [6.45, 7) is 0. The Morgan fingerprint density at radius 3 is 2.69 bits per heavy atom. The van der Waals surface area contributed by atoms with Crippen LogP contribution < -0.4 is 16.2 Å². The van der Waals surface area contributed by atoms with Crippen LogP contribution in [0.4, 0.5) is 18.9 Å². The van der Waals surface area contributed by atoms with Gasteiger partial charge in [-0.2, -0.15) is 5.10 Å². The molecule has 0 bridgehead atoms. The van der Waals surface area contributed by atoms with E-state index in [1.807, 2.05) is 22.3 Å². The Morgan fingerprint density at radius 2 is 1.91 bits per heavy atom. The van der Waals surface area contributed by atoms with E-state index in [4.69, 9.17) is 0 Å². The molecule has 3 unspecified atom stereocenters. The number of hydrogen-bond donors (Lipinski definition) is 3. The van der Waals surface area contributed by atoms with Crippen molar-refractivity contribution in [3.05, 3.63) is 77.9 Å². The Hall–Kier alpha value is -3.18. The fourth-order valence-corrected chi connectivity index (χ4v) is 4.74. The number of amides is 1. The monoisotopic (exact) mass is 460 g/mol. The van der Waals surface area contributed by atoms with Crippen LogP contribution in [0.3, 0.4) is 0 Å². The smallest absolute Gasteiger partial charge is 0.234 e. The third-order valence-corrected chi connectivity index (χ3v) is 6.48. The number of amidine groups is 1. The van der Waals surface area contributed by atoms with Gasteiger partial charge in [0.25, 0.3) is 0 Å². The molecule has 3 aliphatic rings. The van der Waals surface area contributed by atoms with Gasteiger partial charge in [-0.15, -0.1) is 0 Å². The highest BCUT2D eigenvalue weighted by molar-refractivity contribution is 8.14. The normalized spacial score (nSPS) is 23.5.